The van der Waals surface area contributed by atoms with Gasteiger partial charge in [0.2, 0.25) is 5.95 Å². The third kappa shape index (κ3) is 4.01. The number of nitrogens with zero attached hydrogens (tertiary/aromatic N) is 2. The number of allylic oxidation sites excluding steroid dienone is 1. The summed E-state index contributed by atoms with van der Waals surface area (Å²) in [5.41, 5.74) is 2.17. The SMILES string of the molecule is C=CCCCC(C)Nc1ncc(C)c(C)n1. The van der Waals surface area contributed by atoms with E-state index in [1.54, 1.807) is 0 Å². The minimum atomic E-state index is 0.405. The van der Waals surface area contributed by atoms with Crippen molar-refractivity contribution in [1.29, 1.82) is 0 Å². The van der Waals surface area contributed by atoms with Crippen molar-refractivity contribution in [2.75, 3.05) is 5.32 Å². The highest BCUT2D eigenvalue weighted by atomic mass is 15.1. The van der Waals surface area contributed by atoms with Gasteiger partial charge in [0, 0.05) is 17.9 Å². The van der Waals surface area contributed by atoms with Gasteiger partial charge in [0.05, 0.1) is 0 Å². The first-order valence-electron chi connectivity index (χ1n) is 5.81. The molecular formula is C13H21N3. The number of aromatic nitrogens is 2. The van der Waals surface area contributed by atoms with Gasteiger partial charge in [-0.2, -0.15) is 0 Å². The average Bonchev–Trinajstić information content (AvgIpc) is 2.24. The van der Waals surface area contributed by atoms with Crippen molar-refractivity contribution in [1.82, 2.24) is 9.97 Å². The van der Waals surface area contributed by atoms with E-state index in [1.807, 2.05) is 26.1 Å². The lowest BCUT2D eigenvalue weighted by molar-refractivity contribution is 0.657. The van der Waals surface area contributed by atoms with Gasteiger partial charge in [-0.15, -0.1) is 6.58 Å². The fourth-order valence-electron chi connectivity index (χ4n) is 1.46. The monoisotopic (exact) mass is 219 g/mol. The van der Waals surface area contributed by atoms with Crippen molar-refractivity contribution < 1.29 is 0 Å². The number of anilines is 1. The van der Waals surface area contributed by atoms with Crippen molar-refractivity contribution in [2.24, 2.45) is 0 Å². The molecule has 0 aliphatic rings. The topological polar surface area (TPSA) is 37.8 Å². The van der Waals surface area contributed by atoms with E-state index < -0.39 is 0 Å². The standard InChI is InChI=1S/C13H21N3/c1-5-6-7-8-11(3)15-13-14-9-10(2)12(4)16-13/h5,9,11H,1,6-8H2,2-4H3,(H,14,15,16). The van der Waals surface area contributed by atoms with Crippen LogP contribution in [0.15, 0.2) is 18.9 Å². The Kier molecular flexibility index (Phi) is 4.96. The van der Waals surface area contributed by atoms with Gasteiger partial charge in [0.15, 0.2) is 0 Å². The molecule has 0 aromatic carbocycles. The Labute approximate surface area is 98.0 Å². The fraction of sp³-hybridized carbons (Fsp3) is 0.538. The Morgan fingerprint density at radius 3 is 2.88 bits per heavy atom. The van der Waals surface area contributed by atoms with Crippen LogP contribution in [0.2, 0.25) is 0 Å². The Morgan fingerprint density at radius 1 is 1.50 bits per heavy atom. The fourth-order valence-corrected chi connectivity index (χ4v) is 1.46. The number of hydrogen-bond acceptors (Lipinski definition) is 3. The van der Waals surface area contributed by atoms with E-state index in [0.29, 0.717) is 6.04 Å². The van der Waals surface area contributed by atoms with Gasteiger partial charge >= 0.3 is 0 Å². The van der Waals surface area contributed by atoms with Crippen LogP contribution in [-0.4, -0.2) is 16.0 Å². The predicted molar refractivity (Wildman–Crippen MR) is 68.6 cm³/mol. The minimum Gasteiger partial charge on any atom is -0.352 e. The van der Waals surface area contributed by atoms with Crippen LogP contribution in [0, 0.1) is 13.8 Å². The van der Waals surface area contributed by atoms with Gasteiger partial charge in [-0.3, -0.25) is 0 Å². The summed E-state index contributed by atoms with van der Waals surface area (Å²) < 4.78 is 0. The highest BCUT2D eigenvalue weighted by molar-refractivity contribution is 5.29. The number of unbranched alkanes of at least 4 members (excludes halogenated alkanes) is 1. The van der Waals surface area contributed by atoms with E-state index in [2.05, 4.69) is 28.8 Å². The van der Waals surface area contributed by atoms with Crippen LogP contribution in [0.25, 0.3) is 0 Å². The summed E-state index contributed by atoms with van der Waals surface area (Å²) >= 11 is 0. The summed E-state index contributed by atoms with van der Waals surface area (Å²) in [6.07, 6.45) is 7.16. The van der Waals surface area contributed by atoms with Crippen LogP contribution in [0.1, 0.15) is 37.4 Å². The van der Waals surface area contributed by atoms with Crippen molar-refractivity contribution in [3.8, 4) is 0 Å². The summed E-state index contributed by atoms with van der Waals surface area (Å²) in [6.45, 7) is 9.90. The van der Waals surface area contributed by atoms with E-state index in [4.69, 9.17) is 0 Å². The molecule has 0 fully saturated rings. The molecule has 1 aromatic rings. The van der Waals surface area contributed by atoms with Crippen molar-refractivity contribution in [2.45, 2.75) is 46.1 Å². The van der Waals surface area contributed by atoms with Gasteiger partial charge in [0.1, 0.15) is 0 Å². The number of hydrogen-bond donors (Lipinski definition) is 1. The number of nitrogens with one attached hydrogen (secondary N) is 1. The second-order valence-electron chi connectivity index (χ2n) is 4.23. The van der Waals surface area contributed by atoms with E-state index >= 15 is 0 Å². The van der Waals surface area contributed by atoms with Crippen molar-refractivity contribution >= 4 is 5.95 Å². The molecule has 0 amide bonds. The maximum absolute atomic E-state index is 4.40. The van der Waals surface area contributed by atoms with E-state index in [-0.39, 0.29) is 0 Å². The summed E-state index contributed by atoms with van der Waals surface area (Å²) in [4.78, 5) is 8.66. The molecule has 0 spiro atoms. The van der Waals surface area contributed by atoms with Crippen LogP contribution in [0.3, 0.4) is 0 Å². The zero-order valence-electron chi connectivity index (χ0n) is 10.5. The maximum Gasteiger partial charge on any atom is 0.223 e. The second-order valence-corrected chi connectivity index (χ2v) is 4.23. The Bertz CT molecular complexity index is 347. The second kappa shape index (κ2) is 6.26. The molecule has 0 bridgehead atoms. The van der Waals surface area contributed by atoms with Crippen LogP contribution in [-0.2, 0) is 0 Å². The molecule has 0 radical (unpaired) electrons. The summed E-state index contributed by atoms with van der Waals surface area (Å²) in [5, 5.41) is 3.31. The normalized spacial score (nSPS) is 12.2. The maximum atomic E-state index is 4.40. The van der Waals surface area contributed by atoms with Gasteiger partial charge in [-0.1, -0.05) is 6.08 Å². The molecule has 1 aromatic heterocycles. The molecule has 0 aliphatic carbocycles. The molecule has 1 unspecified atom stereocenters. The molecule has 1 N–H and O–H groups in total. The Hall–Kier alpha value is -1.38. The molecule has 88 valence electrons. The zero-order chi connectivity index (χ0) is 12.0. The molecule has 0 aliphatic heterocycles. The van der Waals surface area contributed by atoms with Crippen LogP contribution >= 0.6 is 0 Å². The quantitative estimate of drug-likeness (QED) is 0.589. The summed E-state index contributed by atoms with van der Waals surface area (Å²) in [7, 11) is 0. The molecular weight excluding hydrogens is 198 g/mol. The van der Waals surface area contributed by atoms with Crippen LogP contribution in [0.4, 0.5) is 5.95 Å². The lowest BCUT2D eigenvalue weighted by atomic mass is 10.1. The van der Waals surface area contributed by atoms with E-state index in [9.17, 15) is 0 Å². The Balaban J connectivity index is 2.46. The number of rotatable bonds is 6. The zero-order valence-corrected chi connectivity index (χ0v) is 10.5. The lowest BCUT2D eigenvalue weighted by Crippen LogP contribution is -2.17. The smallest absolute Gasteiger partial charge is 0.223 e. The van der Waals surface area contributed by atoms with Crippen LogP contribution < -0.4 is 5.32 Å². The molecule has 0 saturated heterocycles. The van der Waals surface area contributed by atoms with E-state index in [0.717, 1.165) is 36.5 Å². The molecule has 3 nitrogen and oxygen atoms in total. The molecule has 1 atom stereocenters. The first-order chi connectivity index (χ1) is 7.63. The van der Waals surface area contributed by atoms with Gasteiger partial charge < -0.3 is 5.32 Å². The summed E-state index contributed by atoms with van der Waals surface area (Å²) in [6, 6.07) is 0.405. The Morgan fingerprint density at radius 2 is 2.25 bits per heavy atom. The van der Waals surface area contributed by atoms with Gasteiger partial charge in [-0.05, 0) is 45.6 Å². The first kappa shape index (κ1) is 12.7. The molecule has 0 saturated carbocycles. The summed E-state index contributed by atoms with van der Waals surface area (Å²) in [5.74, 6) is 0.731. The molecule has 16 heavy (non-hydrogen) atoms. The van der Waals surface area contributed by atoms with Crippen molar-refractivity contribution in [3.05, 3.63) is 30.1 Å². The predicted octanol–water partition coefficient (Wildman–Crippen LogP) is 3.25. The lowest BCUT2D eigenvalue weighted by Gasteiger charge is -2.13. The highest BCUT2D eigenvalue weighted by Crippen LogP contribution is 2.09. The molecule has 3 heteroatoms. The van der Waals surface area contributed by atoms with Crippen LogP contribution in [0.5, 0.6) is 0 Å². The molecule has 1 rings (SSSR count). The third-order valence-corrected chi connectivity index (χ3v) is 2.65. The van der Waals surface area contributed by atoms with Gasteiger partial charge in [0.25, 0.3) is 0 Å². The molecule has 1 heterocycles. The van der Waals surface area contributed by atoms with Crippen molar-refractivity contribution in [3.63, 3.8) is 0 Å². The first-order valence-corrected chi connectivity index (χ1v) is 5.81. The average molecular weight is 219 g/mol. The largest absolute Gasteiger partial charge is 0.352 e. The highest BCUT2D eigenvalue weighted by Gasteiger charge is 2.04. The minimum absolute atomic E-state index is 0.405. The van der Waals surface area contributed by atoms with Gasteiger partial charge in [-0.25, -0.2) is 9.97 Å². The van der Waals surface area contributed by atoms with E-state index in [1.165, 1.54) is 0 Å². The third-order valence-electron chi connectivity index (χ3n) is 2.65. The number of aryl methyl sites for hydroxylation is 2.